The molecule has 1 unspecified atom stereocenters. The molecule has 24 heavy (non-hydrogen) atoms. The van der Waals surface area contributed by atoms with Gasteiger partial charge in [0.15, 0.2) is 0 Å². The molecule has 0 bridgehead atoms. The Morgan fingerprint density at radius 2 is 1.92 bits per heavy atom. The predicted molar refractivity (Wildman–Crippen MR) is 89.1 cm³/mol. The molecule has 0 aliphatic heterocycles. The first-order chi connectivity index (χ1) is 11.3. The molecule has 0 radical (unpaired) electrons. The molecule has 6 heteroatoms. The topological polar surface area (TPSA) is 64.6 Å². The van der Waals surface area contributed by atoms with Gasteiger partial charge in [0, 0.05) is 12.5 Å². The van der Waals surface area contributed by atoms with Crippen molar-refractivity contribution in [1.82, 2.24) is 5.32 Å². The lowest BCUT2D eigenvalue weighted by Crippen LogP contribution is -2.38. The largest absolute Gasteiger partial charge is 0.463 e. The quantitative estimate of drug-likeness (QED) is 0.582. The van der Waals surface area contributed by atoms with Crippen LogP contribution in [0.5, 0.6) is 0 Å². The molecule has 0 aliphatic rings. The van der Waals surface area contributed by atoms with E-state index in [1.165, 1.54) is 26.0 Å². The maximum Gasteiger partial charge on any atom is 0.407 e. The fraction of sp³-hybridized carbons (Fsp3) is 0.444. The molecular formula is C18H24FNO4. The van der Waals surface area contributed by atoms with Crippen molar-refractivity contribution >= 4 is 12.1 Å². The number of hydrogen-bond donors (Lipinski definition) is 1. The van der Waals surface area contributed by atoms with Gasteiger partial charge in [0.1, 0.15) is 12.3 Å². The van der Waals surface area contributed by atoms with E-state index in [0.717, 1.165) is 5.56 Å². The second-order valence-electron chi connectivity index (χ2n) is 5.85. The number of alkyl halides is 1. The molecule has 0 aromatic heterocycles. The summed E-state index contributed by atoms with van der Waals surface area (Å²) in [4.78, 5) is 23.2. The summed E-state index contributed by atoms with van der Waals surface area (Å²) in [5, 5.41) is 2.55. The van der Waals surface area contributed by atoms with Crippen LogP contribution in [0.1, 0.15) is 32.8 Å². The van der Waals surface area contributed by atoms with Crippen LogP contribution in [0.2, 0.25) is 0 Å². The minimum Gasteiger partial charge on any atom is -0.463 e. The number of hydrogen-bond acceptors (Lipinski definition) is 4. The van der Waals surface area contributed by atoms with Crippen molar-refractivity contribution in [2.45, 2.75) is 45.5 Å². The summed E-state index contributed by atoms with van der Waals surface area (Å²) in [6.07, 6.45) is 1.91. The Balaban J connectivity index is 2.59. The summed E-state index contributed by atoms with van der Waals surface area (Å²) in [6, 6.07) is 8.52. The van der Waals surface area contributed by atoms with E-state index in [4.69, 9.17) is 9.47 Å². The third kappa shape index (κ3) is 8.92. The molecule has 0 saturated carbocycles. The number of carbonyl (C=O) groups is 2. The van der Waals surface area contributed by atoms with Crippen LogP contribution in [0.25, 0.3) is 0 Å². The summed E-state index contributed by atoms with van der Waals surface area (Å²) in [6.45, 7) is 4.84. The van der Waals surface area contributed by atoms with Crippen LogP contribution in [-0.4, -0.2) is 30.4 Å². The molecule has 0 spiro atoms. The van der Waals surface area contributed by atoms with Crippen LogP contribution in [0.3, 0.4) is 0 Å². The first-order valence-electron chi connectivity index (χ1n) is 7.81. The number of halogens is 1. The molecular weight excluding hydrogens is 313 g/mol. The van der Waals surface area contributed by atoms with Crippen molar-refractivity contribution in [3.63, 3.8) is 0 Å². The van der Waals surface area contributed by atoms with Gasteiger partial charge in [0.05, 0.1) is 12.6 Å². The Morgan fingerprint density at radius 3 is 2.50 bits per heavy atom. The summed E-state index contributed by atoms with van der Waals surface area (Å²) >= 11 is 0. The molecule has 1 amide bonds. The van der Waals surface area contributed by atoms with Gasteiger partial charge >= 0.3 is 12.1 Å². The van der Waals surface area contributed by atoms with Gasteiger partial charge in [-0.05, 0) is 26.3 Å². The van der Waals surface area contributed by atoms with Gasteiger partial charge < -0.3 is 14.8 Å². The minimum absolute atomic E-state index is 0.00332. The molecule has 1 N–H and O–H groups in total. The van der Waals surface area contributed by atoms with Crippen LogP contribution >= 0.6 is 0 Å². The number of benzene rings is 1. The number of carbonyl (C=O) groups excluding carboxylic acids is 2. The van der Waals surface area contributed by atoms with E-state index in [2.05, 4.69) is 5.32 Å². The van der Waals surface area contributed by atoms with Crippen LogP contribution in [-0.2, 0) is 20.9 Å². The van der Waals surface area contributed by atoms with E-state index < -0.39 is 23.8 Å². The average molecular weight is 337 g/mol. The van der Waals surface area contributed by atoms with E-state index in [-0.39, 0.29) is 19.6 Å². The highest BCUT2D eigenvalue weighted by Gasteiger charge is 2.23. The Hall–Kier alpha value is -2.37. The summed E-state index contributed by atoms with van der Waals surface area (Å²) in [5.41, 5.74) is -0.673. The van der Waals surface area contributed by atoms with E-state index in [1.54, 1.807) is 6.92 Å². The molecule has 0 saturated heterocycles. The fourth-order valence-corrected chi connectivity index (χ4v) is 1.99. The van der Waals surface area contributed by atoms with Crippen molar-refractivity contribution in [3.05, 3.63) is 48.0 Å². The number of amides is 1. The van der Waals surface area contributed by atoms with Gasteiger partial charge in [0.2, 0.25) is 0 Å². The number of esters is 1. The van der Waals surface area contributed by atoms with Gasteiger partial charge in [-0.3, -0.25) is 0 Å². The van der Waals surface area contributed by atoms with Crippen LogP contribution in [0.15, 0.2) is 42.5 Å². The Bertz CT molecular complexity index is 552. The van der Waals surface area contributed by atoms with Gasteiger partial charge in [-0.25, -0.2) is 14.0 Å². The molecule has 0 aliphatic carbocycles. The molecule has 5 nitrogen and oxygen atoms in total. The number of ether oxygens (including phenoxy) is 2. The zero-order chi connectivity index (χ0) is 18.0. The SMILES string of the molecule is CCOC(=O)/C=C/C(CC(C)(C)F)NC(=O)OCc1ccccc1. The zero-order valence-corrected chi connectivity index (χ0v) is 14.3. The Labute approximate surface area is 141 Å². The first-order valence-corrected chi connectivity index (χ1v) is 7.81. The zero-order valence-electron chi connectivity index (χ0n) is 14.3. The predicted octanol–water partition coefficient (Wildman–Crippen LogP) is 3.54. The van der Waals surface area contributed by atoms with E-state index >= 15 is 0 Å². The number of nitrogens with one attached hydrogen (secondary N) is 1. The minimum atomic E-state index is -1.52. The molecule has 1 rings (SSSR count). The van der Waals surface area contributed by atoms with Crippen LogP contribution in [0, 0.1) is 0 Å². The Kier molecular flexibility index (Phi) is 7.95. The normalized spacial score (nSPS) is 12.7. The molecule has 0 heterocycles. The average Bonchev–Trinajstić information content (AvgIpc) is 2.50. The van der Waals surface area contributed by atoms with Crippen molar-refractivity contribution < 1.29 is 23.5 Å². The van der Waals surface area contributed by atoms with E-state index in [9.17, 15) is 14.0 Å². The van der Waals surface area contributed by atoms with Crippen LogP contribution < -0.4 is 5.32 Å². The summed E-state index contributed by atoms with van der Waals surface area (Å²) < 4.78 is 23.7. The van der Waals surface area contributed by atoms with Gasteiger partial charge in [-0.2, -0.15) is 0 Å². The number of alkyl carbamates (subject to hydrolysis) is 1. The van der Waals surface area contributed by atoms with Gasteiger partial charge in [-0.15, -0.1) is 0 Å². The van der Waals surface area contributed by atoms with Gasteiger partial charge in [-0.1, -0.05) is 36.4 Å². The highest BCUT2D eigenvalue weighted by molar-refractivity contribution is 5.82. The lowest BCUT2D eigenvalue weighted by atomic mass is 10.0. The van der Waals surface area contributed by atoms with Crippen molar-refractivity contribution in [1.29, 1.82) is 0 Å². The third-order valence-electron chi connectivity index (χ3n) is 2.97. The summed E-state index contributed by atoms with van der Waals surface area (Å²) in [7, 11) is 0. The number of rotatable bonds is 8. The van der Waals surface area contributed by atoms with E-state index in [1.807, 2.05) is 30.3 Å². The fourth-order valence-electron chi connectivity index (χ4n) is 1.99. The maximum atomic E-state index is 13.9. The summed E-state index contributed by atoms with van der Waals surface area (Å²) in [5.74, 6) is -0.543. The molecule has 1 aromatic rings. The van der Waals surface area contributed by atoms with Gasteiger partial charge in [0.25, 0.3) is 0 Å². The van der Waals surface area contributed by atoms with Crippen molar-refractivity contribution in [3.8, 4) is 0 Å². The molecule has 132 valence electrons. The molecule has 1 aromatic carbocycles. The Morgan fingerprint density at radius 1 is 1.25 bits per heavy atom. The monoisotopic (exact) mass is 337 g/mol. The maximum absolute atomic E-state index is 13.9. The molecule has 1 atom stereocenters. The second-order valence-corrected chi connectivity index (χ2v) is 5.85. The second kappa shape index (κ2) is 9.70. The lowest BCUT2D eigenvalue weighted by Gasteiger charge is -2.21. The highest BCUT2D eigenvalue weighted by Crippen LogP contribution is 2.17. The smallest absolute Gasteiger partial charge is 0.407 e. The lowest BCUT2D eigenvalue weighted by molar-refractivity contribution is -0.137. The third-order valence-corrected chi connectivity index (χ3v) is 2.97. The molecule has 0 fully saturated rings. The first kappa shape index (κ1) is 19.7. The van der Waals surface area contributed by atoms with Crippen LogP contribution in [0.4, 0.5) is 9.18 Å². The standard InChI is InChI=1S/C18H24FNO4/c1-4-23-16(21)11-10-15(12-18(2,3)19)20-17(22)24-13-14-8-6-5-7-9-14/h5-11,15H,4,12-13H2,1-3H3,(H,20,22)/b11-10+. The van der Waals surface area contributed by atoms with Crippen molar-refractivity contribution in [2.24, 2.45) is 0 Å². The highest BCUT2D eigenvalue weighted by atomic mass is 19.1. The van der Waals surface area contributed by atoms with E-state index in [0.29, 0.717) is 0 Å². The van der Waals surface area contributed by atoms with Crippen molar-refractivity contribution in [2.75, 3.05) is 6.61 Å².